The summed E-state index contributed by atoms with van der Waals surface area (Å²) in [5.74, 6) is -0.873. The number of carboxylic acids is 1. The fourth-order valence-corrected chi connectivity index (χ4v) is 2.60. The van der Waals surface area contributed by atoms with Crippen LogP contribution in [0.3, 0.4) is 0 Å². The van der Waals surface area contributed by atoms with Gasteiger partial charge in [-0.3, -0.25) is 0 Å². The minimum absolute atomic E-state index is 0.0852. The molecule has 1 atom stereocenters. The van der Waals surface area contributed by atoms with Gasteiger partial charge in [0.1, 0.15) is 0 Å². The van der Waals surface area contributed by atoms with Gasteiger partial charge in [0, 0.05) is 6.42 Å². The molecule has 0 spiro atoms. The number of carboxylic acid groups (broad SMARTS) is 1. The standard InChI is InChI=1S/C19H20N4O8/c1-26-12-9-13(27-2)21-17(20-12)30-11-7-5-6-8-19(11,16(24)25)31-18-22-14(28-3)10-15(23-18)29-4/h5-7,9-10H,8H2,1-4H3,(H,24,25). The zero-order valence-electron chi connectivity index (χ0n) is 17.2. The molecule has 0 saturated carbocycles. The van der Waals surface area contributed by atoms with E-state index >= 15 is 0 Å². The normalized spacial score (nSPS) is 17.4. The number of aromatic nitrogens is 4. The minimum Gasteiger partial charge on any atom is -0.481 e. The van der Waals surface area contributed by atoms with Crippen LogP contribution < -0.4 is 28.4 Å². The summed E-state index contributed by atoms with van der Waals surface area (Å²) in [5, 5.41) is 10.1. The summed E-state index contributed by atoms with van der Waals surface area (Å²) in [4.78, 5) is 28.6. The van der Waals surface area contributed by atoms with Gasteiger partial charge in [0.15, 0.2) is 5.76 Å². The van der Waals surface area contributed by atoms with E-state index < -0.39 is 11.6 Å². The second-order valence-electron chi connectivity index (χ2n) is 5.97. The van der Waals surface area contributed by atoms with Crippen LogP contribution >= 0.6 is 0 Å². The molecule has 0 aromatic carbocycles. The second-order valence-corrected chi connectivity index (χ2v) is 5.97. The SMILES string of the molecule is COc1cc(OC)nc(OC2=CC=CCC2(Oc2nc(OC)cc(OC)n2)C(=O)O)n1. The lowest BCUT2D eigenvalue weighted by Crippen LogP contribution is -2.49. The number of carbonyl (C=O) groups is 1. The summed E-state index contributed by atoms with van der Waals surface area (Å²) < 4.78 is 31.8. The maximum absolute atomic E-state index is 12.3. The Morgan fingerprint density at radius 2 is 1.35 bits per heavy atom. The third-order valence-corrected chi connectivity index (χ3v) is 4.15. The van der Waals surface area contributed by atoms with Gasteiger partial charge < -0.3 is 33.5 Å². The summed E-state index contributed by atoms with van der Waals surface area (Å²) in [6.07, 6.45) is 4.55. The average Bonchev–Trinajstić information content (AvgIpc) is 2.79. The van der Waals surface area contributed by atoms with E-state index in [1.54, 1.807) is 12.2 Å². The Morgan fingerprint density at radius 1 is 0.871 bits per heavy atom. The van der Waals surface area contributed by atoms with Crippen molar-refractivity contribution in [2.45, 2.75) is 12.0 Å². The van der Waals surface area contributed by atoms with Gasteiger partial charge in [-0.15, -0.1) is 0 Å². The maximum atomic E-state index is 12.3. The van der Waals surface area contributed by atoms with E-state index in [1.807, 2.05) is 0 Å². The highest BCUT2D eigenvalue weighted by atomic mass is 16.6. The van der Waals surface area contributed by atoms with E-state index in [1.165, 1.54) is 46.6 Å². The fourth-order valence-electron chi connectivity index (χ4n) is 2.60. The Balaban J connectivity index is 2.00. The Hall–Kier alpha value is -4.09. The molecule has 0 bridgehead atoms. The van der Waals surface area contributed by atoms with Crippen LogP contribution in [0.25, 0.3) is 0 Å². The predicted octanol–water partition coefficient (Wildman–Crippen LogP) is 1.43. The van der Waals surface area contributed by atoms with Crippen molar-refractivity contribution < 1.29 is 38.3 Å². The molecule has 1 aliphatic carbocycles. The molecule has 3 rings (SSSR count). The van der Waals surface area contributed by atoms with Gasteiger partial charge >= 0.3 is 18.0 Å². The smallest absolute Gasteiger partial charge is 0.356 e. The molecule has 0 radical (unpaired) electrons. The molecule has 12 heteroatoms. The highest BCUT2D eigenvalue weighted by Gasteiger charge is 2.48. The average molecular weight is 432 g/mol. The lowest BCUT2D eigenvalue weighted by molar-refractivity contribution is -0.154. The summed E-state index contributed by atoms with van der Waals surface area (Å²) >= 11 is 0. The van der Waals surface area contributed by atoms with Gasteiger partial charge in [-0.1, -0.05) is 12.2 Å². The van der Waals surface area contributed by atoms with Crippen molar-refractivity contribution in [2.75, 3.05) is 28.4 Å². The second kappa shape index (κ2) is 9.15. The van der Waals surface area contributed by atoms with Gasteiger partial charge in [0.05, 0.1) is 40.6 Å². The zero-order valence-corrected chi connectivity index (χ0v) is 17.2. The van der Waals surface area contributed by atoms with E-state index in [4.69, 9.17) is 28.4 Å². The Bertz CT molecular complexity index is 981. The predicted molar refractivity (Wildman–Crippen MR) is 104 cm³/mol. The molecule has 0 aliphatic heterocycles. The maximum Gasteiger partial charge on any atom is 0.356 e. The first-order valence-electron chi connectivity index (χ1n) is 8.85. The molecule has 2 heterocycles. The number of aliphatic carboxylic acids is 1. The van der Waals surface area contributed by atoms with Crippen molar-refractivity contribution in [2.24, 2.45) is 0 Å². The van der Waals surface area contributed by atoms with Gasteiger partial charge in [0.25, 0.3) is 5.60 Å². The topological polar surface area (TPSA) is 144 Å². The molecule has 2 aromatic rings. The van der Waals surface area contributed by atoms with Crippen LogP contribution in [0.1, 0.15) is 6.42 Å². The first-order valence-corrected chi connectivity index (χ1v) is 8.85. The third-order valence-electron chi connectivity index (χ3n) is 4.15. The number of methoxy groups -OCH3 is 4. The summed E-state index contributed by atoms with van der Waals surface area (Å²) in [7, 11) is 5.60. The summed E-state index contributed by atoms with van der Waals surface area (Å²) in [6, 6.07) is 2.38. The largest absolute Gasteiger partial charge is 0.481 e. The van der Waals surface area contributed by atoms with Crippen molar-refractivity contribution in [3.05, 3.63) is 36.1 Å². The van der Waals surface area contributed by atoms with Crippen molar-refractivity contribution >= 4 is 5.97 Å². The molecule has 1 aliphatic rings. The Kier molecular flexibility index (Phi) is 6.38. The molecule has 31 heavy (non-hydrogen) atoms. The monoisotopic (exact) mass is 432 g/mol. The van der Waals surface area contributed by atoms with E-state index in [-0.39, 0.29) is 47.7 Å². The molecule has 164 valence electrons. The van der Waals surface area contributed by atoms with Crippen LogP contribution in [-0.4, -0.2) is 65.1 Å². The minimum atomic E-state index is -2.01. The van der Waals surface area contributed by atoms with E-state index in [9.17, 15) is 9.90 Å². The van der Waals surface area contributed by atoms with Gasteiger partial charge in [-0.25, -0.2) is 4.79 Å². The Morgan fingerprint density at radius 3 is 1.81 bits per heavy atom. The number of nitrogens with zero attached hydrogens (tertiary/aromatic N) is 4. The molecule has 0 amide bonds. The van der Waals surface area contributed by atoms with Gasteiger partial charge in [-0.05, 0) is 6.08 Å². The quantitative estimate of drug-likeness (QED) is 0.612. The summed E-state index contributed by atoms with van der Waals surface area (Å²) in [6.45, 7) is 0. The van der Waals surface area contributed by atoms with Crippen LogP contribution in [-0.2, 0) is 4.79 Å². The van der Waals surface area contributed by atoms with Crippen LogP contribution in [0.15, 0.2) is 36.1 Å². The van der Waals surface area contributed by atoms with Crippen LogP contribution in [0.4, 0.5) is 0 Å². The van der Waals surface area contributed by atoms with Gasteiger partial charge in [0.2, 0.25) is 23.5 Å². The van der Waals surface area contributed by atoms with Crippen LogP contribution in [0, 0.1) is 0 Å². The van der Waals surface area contributed by atoms with Crippen molar-refractivity contribution in [1.29, 1.82) is 0 Å². The fraction of sp³-hybridized carbons (Fsp3) is 0.316. The van der Waals surface area contributed by atoms with Crippen molar-refractivity contribution in [1.82, 2.24) is 19.9 Å². The highest BCUT2D eigenvalue weighted by Crippen LogP contribution is 2.34. The lowest BCUT2D eigenvalue weighted by atomic mass is 9.93. The van der Waals surface area contributed by atoms with Crippen molar-refractivity contribution in [3.8, 4) is 35.5 Å². The van der Waals surface area contributed by atoms with E-state index in [2.05, 4.69) is 19.9 Å². The third kappa shape index (κ3) is 4.57. The number of allylic oxidation sites excluding steroid dienone is 2. The molecular formula is C19H20N4O8. The molecule has 0 fully saturated rings. The first kappa shape index (κ1) is 21.6. The van der Waals surface area contributed by atoms with Crippen LogP contribution in [0.2, 0.25) is 0 Å². The lowest BCUT2D eigenvalue weighted by Gasteiger charge is -2.31. The van der Waals surface area contributed by atoms with Crippen LogP contribution in [0.5, 0.6) is 35.5 Å². The molecule has 12 nitrogen and oxygen atoms in total. The number of hydrogen-bond acceptors (Lipinski definition) is 11. The van der Waals surface area contributed by atoms with Gasteiger partial charge in [-0.2, -0.15) is 19.9 Å². The Labute approximate surface area is 177 Å². The number of ether oxygens (including phenoxy) is 6. The van der Waals surface area contributed by atoms with E-state index in [0.29, 0.717) is 0 Å². The molecule has 2 aromatic heterocycles. The number of hydrogen-bond donors (Lipinski definition) is 1. The molecule has 1 unspecified atom stereocenters. The molecule has 1 N–H and O–H groups in total. The van der Waals surface area contributed by atoms with E-state index in [0.717, 1.165) is 0 Å². The molecular weight excluding hydrogens is 412 g/mol. The molecule has 0 saturated heterocycles. The highest BCUT2D eigenvalue weighted by molar-refractivity contribution is 5.82. The zero-order chi connectivity index (χ0) is 22.4. The first-order chi connectivity index (χ1) is 14.9. The number of rotatable bonds is 9. The summed E-state index contributed by atoms with van der Waals surface area (Å²) in [5.41, 5.74) is -2.01. The van der Waals surface area contributed by atoms with Crippen molar-refractivity contribution in [3.63, 3.8) is 0 Å².